The second kappa shape index (κ2) is 5.95. The molecular weight excluding hydrogens is 332 g/mol. The van der Waals surface area contributed by atoms with Crippen LogP contribution in [0.2, 0.25) is 0 Å². The van der Waals surface area contributed by atoms with E-state index >= 15 is 0 Å². The average molecular weight is 349 g/mol. The van der Waals surface area contributed by atoms with E-state index < -0.39 is 0 Å². The number of benzene rings is 2. The molecule has 1 aliphatic rings. The minimum atomic E-state index is -0.193. The number of hydrogen-bond acceptors (Lipinski definition) is 3. The Morgan fingerprint density at radius 2 is 1.48 bits per heavy atom. The first-order valence-corrected chi connectivity index (χ1v) is 6.62. The van der Waals surface area contributed by atoms with Crippen LogP contribution in [0.3, 0.4) is 0 Å². The quantitative estimate of drug-likeness (QED) is 0.800. The van der Waals surface area contributed by atoms with Crippen molar-refractivity contribution in [3.8, 4) is 0 Å². The summed E-state index contributed by atoms with van der Waals surface area (Å²) in [6, 6.07) is 11.2. The normalized spacial score (nSPS) is 13.8. The fourth-order valence-corrected chi connectivity index (χ4v) is 2.58. The summed E-state index contributed by atoms with van der Waals surface area (Å²) in [5, 5.41) is 1.72. The molecule has 0 bridgehead atoms. The summed E-state index contributed by atoms with van der Waals surface area (Å²) in [6.45, 7) is 1.07. The molecular formula is C16H17BrN2O2. The van der Waals surface area contributed by atoms with Crippen molar-refractivity contribution < 1.29 is 9.59 Å². The molecule has 0 saturated carbocycles. The van der Waals surface area contributed by atoms with Gasteiger partial charge >= 0.3 is 0 Å². The Bertz CT molecular complexity index is 662. The number of imide groups is 1. The second-order valence-electron chi connectivity index (χ2n) is 5.27. The lowest BCUT2D eigenvalue weighted by molar-refractivity contribution is 0.0601. The highest BCUT2D eigenvalue weighted by Gasteiger charge is 2.32. The first-order chi connectivity index (χ1) is 9.59. The summed E-state index contributed by atoms with van der Waals surface area (Å²) in [5.74, 6) is -0.387. The van der Waals surface area contributed by atoms with Gasteiger partial charge in [0.05, 0.1) is 0 Å². The third-order valence-electron chi connectivity index (χ3n) is 3.63. The maximum Gasteiger partial charge on any atom is 0.261 e. The van der Waals surface area contributed by atoms with Crippen molar-refractivity contribution in [2.24, 2.45) is 0 Å². The van der Waals surface area contributed by atoms with E-state index in [4.69, 9.17) is 0 Å². The van der Waals surface area contributed by atoms with Crippen LogP contribution in [0.15, 0.2) is 36.4 Å². The van der Waals surface area contributed by atoms with E-state index in [1.165, 1.54) is 4.90 Å². The predicted molar refractivity (Wildman–Crippen MR) is 88.2 cm³/mol. The number of carbonyl (C=O) groups is 2. The van der Waals surface area contributed by atoms with E-state index in [1.54, 1.807) is 12.1 Å². The van der Waals surface area contributed by atoms with Gasteiger partial charge in [-0.05, 0) is 31.6 Å². The fourth-order valence-electron chi connectivity index (χ4n) is 2.58. The molecule has 0 saturated heterocycles. The Labute approximate surface area is 134 Å². The largest absolute Gasteiger partial charge is 0.308 e. The van der Waals surface area contributed by atoms with Crippen LogP contribution in [0.1, 0.15) is 20.7 Å². The molecule has 2 aromatic carbocycles. The summed E-state index contributed by atoms with van der Waals surface area (Å²) in [7, 11) is 3.85. The van der Waals surface area contributed by atoms with Gasteiger partial charge in [-0.3, -0.25) is 14.5 Å². The van der Waals surface area contributed by atoms with Gasteiger partial charge in [-0.2, -0.15) is 0 Å². The second-order valence-corrected chi connectivity index (χ2v) is 5.27. The van der Waals surface area contributed by atoms with Crippen LogP contribution in [0.4, 0.5) is 0 Å². The summed E-state index contributed by atoms with van der Waals surface area (Å²) in [6.07, 6.45) is 0. The number of nitrogens with zero attached hydrogens (tertiary/aromatic N) is 2. The van der Waals surface area contributed by atoms with Crippen LogP contribution in [0.5, 0.6) is 0 Å². The van der Waals surface area contributed by atoms with Crippen molar-refractivity contribution in [2.45, 2.75) is 0 Å². The molecule has 110 valence electrons. The molecule has 0 radical (unpaired) electrons. The average Bonchev–Trinajstić information content (AvgIpc) is 2.44. The monoisotopic (exact) mass is 348 g/mol. The highest BCUT2D eigenvalue weighted by atomic mass is 79.9. The molecule has 0 N–H and O–H groups in total. The van der Waals surface area contributed by atoms with Crippen molar-refractivity contribution in [3.63, 3.8) is 0 Å². The molecule has 0 fully saturated rings. The van der Waals surface area contributed by atoms with Gasteiger partial charge in [0.25, 0.3) is 11.8 Å². The summed E-state index contributed by atoms with van der Waals surface area (Å²) < 4.78 is 0. The zero-order valence-electron chi connectivity index (χ0n) is 12.0. The van der Waals surface area contributed by atoms with Gasteiger partial charge in [-0.1, -0.05) is 24.3 Å². The number of amides is 2. The molecule has 1 aliphatic heterocycles. The Morgan fingerprint density at radius 3 is 1.95 bits per heavy atom. The van der Waals surface area contributed by atoms with E-state index in [2.05, 4.69) is 0 Å². The van der Waals surface area contributed by atoms with Gasteiger partial charge in [0.2, 0.25) is 0 Å². The lowest BCUT2D eigenvalue weighted by Crippen LogP contribution is -2.43. The van der Waals surface area contributed by atoms with Gasteiger partial charge in [0.1, 0.15) is 0 Å². The van der Waals surface area contributed by atoms with Crippen LogP contribution in [-0.2, 0) is 0 Å². The van der Waals surface area contributed by atoms with E-state index in [-0.39, 0.29) is 28.8 Å². The third kappa shape index (κ3) is 2.59. The molecule has 5 heteroatoms. The van der Waals surface area contributed by atoms with Crippen LogP contribution < -0.4 is 0 Å². The molecule has 0 atom stereocenters. The van der Waals surface area contributed by atoms with Gasteiger partial charge in [0.15, 0.2) is 0 Å². The first kappa shape index (κ1) is 15.7. The minimum absolute atomic E-state index is 0. The number of halogens is 1. The van der Waals surface area contributed by atoms with Crippen molar-refractivity contribution in [3.05, 3.63) is 47.5 Å². The van der Waals surface area contributed by atoms with E-state index in [1.807, 2.05) is 43.3 Å². The van der Waals surface area contributed by atoms with Crippen LogP contribution in [0.25, 0.3) is 10.8 Å². The maximum atomic E-state index is 12.5. The number of carbonyl (C=O) groups excluding carboxylic acids is 2. The molecule has 3 rings (SSSR count). The smallest absolute Gasteiger partial charge is 0.261 e. The van der Waals surface area contributed by atoms with Crippen LogP contribution in [0, 0.1) is 0 Å². The highest BCUT2D eigenvalue weighted by molar-refractivity contribution is 8.93. The minimum Gasteiger partial charge on any atom is -0.308 e. The van der Waals surface area contributed by atoms with Crippen LogP contribution in [-0.4, -0.2) is 48.8 Å². The van der Waals surface area contributed by atoms with Crippen molar-refractivity contribution in [1.29, 1.82) is 0 Å². The summed E-state index contributed by atoms with van der Waals surface area (Å²) in [5.41, 5.74) is 1.24. The maximum absolute atomic E-state index is 12.5. The summed E-state index contributed by atoms with van der Waals surface area (Å²) in [4.78, 5) is 28.3. The molecule has 1 heterocycles. The van der Waals surface area contributed by atoms with Gasteiger partial charge in [0, 0.05) is 29.6 Å². The lowest BCUT2D eigenvalue weighted by Gasteiger charge is -2.28. The fraction of sp³-hybridized carbons (Fsp3) is 0.250. The SMILES string of the molecule is Br.CN(C)CCN1C(=O)c2cccc3cccc(c23)C1=O. The number of likely N-dealkylation sites (N-methyl/N-ethyl adjacent to an activating group) is 1. The predicted octanol–water partition coefficient (Wildman–Crippen LogP) is 2.58. The van der Waals surface area contributed by atoms with E-state index in [9.17, 15) is 9.59 Å². The van der Waals surface area contributed by atoms with Gasteiger partial charge in [-0.25, -0.2) is 0 Å². The molecule has 0 unspecified atom stereocenters. The first-order valence-electron chi connectivity index (χ1n) is 6.62. The Balaban J connectivity index is 0.00000161. The third-order valence-corrected chi connectivity index (χ3v) is 3.63. The molecule has 0 aliphatic carbocycles. The molecule has 0 spiro atoms. The molecule has 4 nitrogen and oxygen atoms in total. The van der Waals surface area contributed by atoms with Crippen molar-refractivity contribution in [2.75, 3.05) is 27.2 Å². The lowest BCUT2D eigenvalue weighted by atomic mass is 9.94. The molecule has 2 amide bonds. The molecule has 21 heavy (non-hydrogen) atoms. The molecule has 0 aromatic heterocycles. The van der Waals surface area contributed by atoms with Crippen molar-refractivity contribution in [1.82, 2.24) is 9.80 Å². The van der Waals surface area contributed by atoms with E-state index in [0.29, 0.717) is 24.2 Å². The molecule has 2 aromatic rings. The Hall–Kier alpha value is -1.72. The van der Waals surface area contributed by atoms with Gasteiger partial charge < -0.3 is 4.90 Å². The van der Waals surface area contributed by atoms with E-state index in [0.717, 1.165) is 10.8 Å². The topological polar surface area (TPSA) is 40.6 Å². The number of rotatable bonds is 3. The highest BCUT2D eigenvalue weighted by Crippen LogP contribution is 2.29. The van der Waals surface area contributed by atoms with Gasteiger partial charge in [-0.15, -0.1) is 17.0 Å². The zero-order chi connectivity index (χ0) is 14.3. The van der Waals surface area contributed by atoms with Crippen molar-refractivity contribution >= 4 is 39.6 Å². The Kier molecular flexibility index (Phi) is 4.44. The Morgan fingerprint density at radius 1 is 0.952 bits per heavy atom. The summed E-state index contributed by atoms with van der Waals surface area (Å²) >= 11 is 0. The number of hydrogen-bond donors (Lipinski definition) is 0. The van der Waals surface area contributed by atoms with Crippen LogP contribution >= 0.6 is 17.0 Å². The zero-order valence-corrected chi connectivity index (χ0v) is 13.7. The standard InChI is InChI=1S/C16H16N2O2.BrH/c1-17(2)9-10-18-15(19)12-7-3-5-11-6-4-8-13(14(11)12)16(18)20;/h3-8H,9-10H2,1-2H3;1H.